The number of nitrogens with one attached hydrogen (secondary N) is 2. The van der Waals surface area contributed by atoms with Crippen LogP contribution in [0.3, 0.4) is 0 Å². The van der Waals surface area contributed by atoms with Gasteiger partial charge in [-0.05, 0) is 31.1 Å². The Morgan fingerprint density at radius 2 is 1.79 bits per heavy atom. The van der Waals surface area contributed by atoms with E-state index >= 15 is 0 Å². The van der Waals surface area contributed by atoms with Crippen LogP contribution in [0.5, 0.6) is 0 Å². The summed E-state index contributed by atoms with van der Waals surface area (Å²) in [7, 11) is 3.37. The van der Waals surface area contributed by atoms with Crippen LogP contribution >= 0.6 is 0 Å². The van der Waals surface area contributed by atoms with Crippen molar-refractivity contribution in [2.45, 2.75) is 25.3 Å². The van der Waals surface area contributed by atoms with E-state index in [0.717, 1.165) is 12.8 Å². The summed E-state index contributed by atoms with van der Waals surface area (Å²) in [4.78, 5) is 24.9. The molecule has 0 aromatic rings. The molecule has 6 heteroatoms. The summed E-state index contributed by atoms with van der Waals surface area (Å²) in [5.41, 5.74) is 6.12. The molecule has 4 unspecified atom stereocenters. The zero-order valence-corrected chi connectivity index (χ0v) is 11.7. The van der Waals surface area contributed by atoms with Gasteiger partial charge in [-0.2, -0.15) is 0 Å². The molecule has 19 heavy (non-hydrogen) atoms. The van der Waals surface area contributed by atoms with Gasteiger partial charge < -0.3 is 21.3 Å². The molecule has 0 saturated heterocycles. The summed E-state index contributed by atoms with van der Waals surface area (Å²) in [5, 5.41) is 5.60. The van der Waals surface area contributed by atoms with Crippen molar-refractivity contribution in [3.63, 3.8) is 0 Å². The number of hydrogen-bond acceptors (Lipinski definition) is 3. The molecule has 108 valence electrons. The maximum absolute atomic E-state index is 12.1. The zero-order chi connectivity index (χ0) is 14.0. The molecule has 4 N–H and O–H groups in total. The topological polar surface area (TPSA) is 87.5 Å². The van der Waals surface area contributed by atoms with E-state index in [1.165, 1.54) is 11.3 Å². The van der Waals surface area contributed by atoms with E-state index < -0.39 is 0 Å². The molecule has 2 bridgehead atoms. The Morgan fingerprint density at radius 3 is 2.37 bits per heavy atom. The average Bonchev–Trinajstić information content (AvgIpc) is 2.94. The number of nitrogens with two attached hydrogens (primary N) is 1. The van der Waals surface area contributed by atoms with Crippen LogP contribution in [0.25, 0.3) is 0 Å². The maximum atomic E-state index is 12.1. The van der Waals surface area contributed by atoms with Crippen LogP contribution in [-0.4, -0.2) is 50.1 Å². The lowest BCUT2D eigenvalue weighted by molar-refractivity contribution is -0.126. The van der Waals surface area contributed by atoms with E-state index in [1.807, 2.05) is 0 Å². The highest BCUT2D eigenvalue weighted by molar-refractivity contribution is 5.80. The third-order valence-electron chi connectivity index (χ3n) is 4.39. The molecule has 0 spiro atoms. The number of rotatable bonds is 4. The van der Waals surface area contributed by atoms with Crippen LogP contribution in [0, 0.1) is 17.8 Å². The predicted octanol–water partition coefficient (Wildman–Crippen LogP) is -0.253. The van der Waals surface area contributed by atoms with Crippen molar-refractivity contribution in [2.24, 2.45) is 23.5 Å². The molecule has 0 aromatic carbocycles. The first-order valence-corrected chi connectivity index (χ1v) is 6.99. The fourth-order valence-electron chi connectivity index (χ4n) is 3.36. The van der Waals surface area contributed by atoms with Crippen LogP contribution in [0.1, 0.15) is 19.3 Å². The molecular formula is C13H24N4O2. The Balaban J connectivity index is 1.69. The van der Waals surface area contributed by atoms with Gasteiger partial charge in [-0.15, -0.1) is 0 Å². The van der Waals surface area contributed by atoms with Crippen molar-refractivity contribution < 1.29 is 9.59 Å². The highest BCUT2D eigenvalue weighted by atomic mass is 16.2. The van der Waals surface area contributed by atoms with E-state index in [1.54, 1.807) is 14.1 Å². The van der Waals surface area contributed by atoms with Crippen LogP contribution < -0.4 is 16.4 Å². The first-order chi connectivity index (χ1) is 9.00. The van der Waals surface area contributed by atoms with Crippen molar-refractivity contribution >= 4 is 11.9 Å². The van der Waals surface area contributed by atoms with Crippen LogP contribution in [-0.2, 0) is 4.79 Å². The second-order valence-corrected chi connectivity index (χ2v) is 5.85. The van der Waals surface area contributed by atoms with E-state index in [2.05, 4.69) is 10.6 Å². The van der Waals surface area contributed by atoms with Crippen LogP contribution in [0.4, 0.5) is 4.79 Å². The van der Waals surface area contributed by atoms with Gasteiger partial charge in [0, 0.05) is 33.2 Å². The minimum atomic E-state index is -0.147. The number of carbonyl (C=O) groups excluding carboxylic acids is 2. The molecule has 4 atom stereocenters. The van der Waals surface area contributed by atoms with Gasteiger partial charge >= 0.3 is 6.03 Å². The quantitative estimate of drug-likeness (QED) is 0.614. The lowest BCUT2D eigenvalue weighted by Crippen LogP contribution is -2.47. The summed E-state index contributed by atoms with van der Waals surface area (Å²) < 4.78 is 0. The summed E-state index contributed by atoms with van der Waals surface area (Å²) in [5.74, 6) is 1.03. The van der Waals surface area contributed by atoms with E-state index in [4.69, 9.17) is 5.73 Å². The lowest BCUT2D eigenvalue weighted by atomic mass is 9.84. The van der Waals surface area contributed by atoms with E-state index in [0.29, 0.717) is 24.9 Å². The van der Waals surface area contributed by atoms with E-state index in [9.17, 15) is 9.59 Å². The van der Waals surface area contributed by atoms with Gasteiger partial charge in [0.1, 0.15) is 0 Å². The lowest BCUT2D eigenvalue weighted by Gasteiger charge is -2.27. The molecule has 0 aliphatic heterocycles. The van der Waals surface area contributed by atoms with Crippen molar-refractivity contribution in [3.05, 3.63) is 0 Å². The molecule has 2 fully saturated rings. The van der Waals surface area contributed by atoms with Crippen LogP contribution in [0.2, 0.25) is 0 Å². The number of nitrogens with zero attached hydrogens (tertiary/aromatic N) is 1. The monoisotopic (exact) mass is 268 g/mol. The first kappa shape index (κ1) is 14.1. The van der Waals surface area contributed by atoms with Crippen molar-refractivity contribution in [1.82, 2.24) is 15.5 Å². The van der Waals surface area contributed by atoms with Gasteiger partial charge in [0.2, 0.25) is 5.91 Å². The summed E-state index contributed by atoms with van der Waals surface area (Å²) in [6.07, 6.45) is 3.42. The predicted molar refractivity (Wildman–Crippen MR) is 72.4 cm³/mol. The van der Waals surface area contributed by atoms with Crippen molar-refractivity contribution in [3.8, 4) is 0 Å². The fourth-order valence-corrected chi connectivity index (χ4v) is 3.36. The number of hydrogen-bond donors (Lipinski definition) is 3. The minimum absolute atomic E-state index is 0.0233. The number of carbonyl (C=O) groups is 2. The third-order valence-corrected chi connectivity index (χ3v) is 4.39. The van der Waals surface area contributed by atoms with Crippen molar-refractivity contribution in [1.29, 1.82) is 0 Å². The molecule has 3 amide bonds. The Kier molecular flexibility index (Phi) is 4.29. The second-order valence-electron chi connectivity index (χ2n) is 5.85. The molecule has 0 heterocycles. The van der Waals surface area contributed by atoms with Crippen LogP contribution in [0.15, 0.2) is 0 Å². The van der Waals surface area contributed by atoms with Gasteiger partial charge in [-0.1, -0.05) is 0 Å². The average molecular weight is 268 g/mol. The normalized spacial score (nSPS) is 32.2. The summed E-state index contributed by atoms with van der Waals surface area (Å²) in [6, 6.07) is -0.124. The molecule has 2 saturated carbocycles. The molecule has 2 aliphatic rings. The van der Waals surface area contributed by atoms with Gasteiger partial charge in [-0.3, -0.25) is 4.79 Å². The highest BCUT2D eigenvalue weighted by Crippen LogP contribution is 2.47. The van der Waals surface area contributed by atoms with Gasteiger partial charge in [0.05, 0.1) is 5.92 Å². The largest absolute Gasteiger partial charge is 0.354 e. The number of urea groups is 1. The maximum Gasteiger partial charge on any atom is 0.316 e. The molecule has 2 aliphatic carbocycles. The zero-order valence-electron chi connectivity index (χ0n) is 11.7. The van der Waals surface area contributed by atoms with Gasteiger partial charge in [0.25, 0.3) is 0 Å². The Labute approximate surface area is 114 Å². The van der Waals surface area contributed by atoms with Gasteiger partial charge in [-0.25, -0.2) is 4.79 Å². The Hall–Kier alpha value is -1.30. The third kappa shape index (κ3) is 3.00. The number of fused-ring (bicyclic) bond motifs is 2. The number of amides is 3. The summed E-state index contributed by atoms with van der Waals surface area (Å²) in [6.45, 7) is 0.901. The molecule has 0 aromatic heterocycles. The summed E-state index contributed by atoms with van der Waals surface area (Å²) >= 11 is 0. The smallest absolute Gasteiger partial charge is 0.316 e. The van der Waals surface area contributed by atoms with Crippen molar-refractivity contribution in [2.75, 3.05) is 27.2 Å². The standard InChI is InChI=1S/C13H24N4O2/c1-17(2)13(19)16-6-5-15-12(18)10-8-3-4-9(7-8)11(10)14/h8-11H,3-7,14H2,1-2H3,(H,15,18)(H,16,19). The molecule has 0 radical (unpaired) electrons. The minimum Gasteiger partial charge on any atom is -0.354 e. The Bertz CT molecular complexity index is 357. The Morgan fingerprint density at radius 1 is 1.16 bits per heavy atom. The van der Waals surface area contributed by atoms with Gasteiger partial charge in [0.15, 0.2) is 0 Å². The SMILES string of the molecule is CN(C)C(=O)NCCNC(=O)C1C2CCC(C2)C1N. The molecule has 6 nitrogen and oxygen atoms in total. The molecular weight excluding hydrogens is 244 g/mol. The highest BCUT2D eigenvalue weighted by Gasteiger charge is 2.48. The molecule has 2 rings (SSSR count). The second kappa shape index (κ2) is 5.77. The first-order valence-electron chi connectivity index (χ1n) is 6.99. The van der Waals surface area contributed by atoms with E-state index in [-0.39, 0.29) is 23.9 Å². The fraction of sp³-hybridized carbons (Fsp3) is 0.846.